The Morgan fingerprint density at radius 2 is 1.12 bits per heavy atom. The maximum atomic E-state index is 10.5. The minimum atomic E-state index is -2.73. The van der Waals surface area contributed by atoms with E-state index in [0.29, 0.717) is 6.61 Å². The van der Waals surface area contributed by atoms with Crippen molar-refractivity contribution in [3.63, 3.8) is 0 Å². The van der Waals surface area contributed by atoms with Gasteiger partial charge >= 0.3 is 0 Å². The van der Waals surface area contributed by atoms with Crippen LogP contribution in [0.4, 0.5) is 0 Å². The molecule has 11 heteroatoms. The van der Waals surface area contributed by atoms with Crippen LogP contribution >= 0.6 is 0 Å². The molecule has 8 atom stereocenters. The molecule has 0 radical (unpaired) electrons. The van der Waals surface area contributed by atoms with Crippen LogP contribution in [-0.4, -0.2) is 111 Å². The third-order valence-electron chi connectivity index (χ3n) is 8.85. The molecule has 2 saturated heterocycles. The normalized spacial score (nSPS) is 25.8. The highest BCUT2D eigenvalue weighted by Crippen LogP contribution is 2.39. The molecule has 0 aliphatic carbocycles. The third kappa shape index (κ3) is 9.75. The zero-order valence-electron chi connectivity index (χ0n) is 30.6. The van der Waals surface area contributed by atoms with Gasteiger partial charge in [-0.1, -0.05) is 93.6 Å². The molecule has 0 saturated carbocycles. The standard InChI is InChI=1S/C27H38O5Si.C11H20O5/c1-8-22(28)24(29-7)25-23(31-27(5,6)32-25)19-30-33(26(2,3)4,20-15-11-9-12-16-20)21-17-13-10-14-18-21;1-5-7(13)9(14-4)10-8(6-12)15-11(2,3)16-10/h8-18,22-25,28H,1,19H2,2-7H3;5,7-10,12-13H,1,6H2,2-4H3/t22-,23?,24?,25?;7-,8?,9?,10?/m00/s1. The van der Waals surface area contributed by atoms with Crippen LogP contribution in [0.5, 0.6) is 0 Å². The number of hydrogen-bond acceptors (Lipinski definition) is 10. The monoisotopic (exact) mass is 702 g/mol. The fraction of sp³-hybridized carbons (Fsp3) is 0.579. The van der Waals surface area contributed by atoms with Crippen molar-refractivity contribution in [2.45, 2.75) is 114 Å². The van der Waals surface area contributed by atoms with E-state index in [2.05, 4.69) is 82.5 Å². The highest BCUT2D eigenvalue weighted by atomic mass is 28.4. The molecule has 2 aliphatic rings. The summed E-state index contributed by atoms with van der Waals surface area (Å²) in [6.45, 7) is 21.3. The van der Waals surface area contributed by atoms with Gasteiger partial charge in [-0.25, -0.2) is 0 Å². The maximum Gasteiger partial charge on any atom is 0.261 e. The lowest BCUT2D eigenvalue weighted by atomic mass is 10.0. The Labute approximate surface area is 293 Å². The van der Waals surface area contributed by atoms with E-state index < -0.39 is 68.7 Å². The number of hydrogen-bond donors (Lipinski definition) is 3. The number of methoxy groups -OCH3 is 2. The first-order valence-electron chi connectivity index (χ1n) is 16.7. The van der Waals surface area contributed by atoms with Gasteiger partial charge in [-0.15, -0.1) is 13.2 Å². The predicted octanol–water partition coefficient (Wildman–Crippen LogP) is 3.71. The summed E-state index contributed by atoms with van der Waals surface area (Å²) in [6, 6.07) is 21.0. The summed E-state index contributed by atoms with van der Waals surface area (Å²) in [6.07, 6.45) is -2.06. The molecule has 2 heterocycles. The topological polar surface area (TPSA) is 125 Å². The molecule has 2 aromatic carbocycles. The second-order valence-corrected chi connectivity index (χ2v) is 18.6. The number of rotatable bonds is 14. The smallest absolute Gasteiger partial charge is 0.261 e. The molecular formula is C38H58O10Si. The van der Waals surface area contributed by atoms with Crippen molar-refractivity contribution < 1.29 is 48.2 Å². The van der Waals surface area contributed by atoms with Gasteiger partial charge in [0, 0.05) is 14.2 Å². The largest absolute Gasteiger partial charge is 0.405 e. The zero-order chi connectivity index (χ0) is 36.6. The number of ether oxygens (including phenoxy) is 6. The Morgan fingerprint density at radius 3 is 1.47 bits per heavy atom. The van der Waals surface area contributed by atoms with E-state index >= 15 is 0 Å². The Hall–Kier alpha value is -2.26. The summed E-state index contributed by atoms with van der Waals surface area (Å²) in [5, 5.41) is 31.6. The van der Waals surface area contributed by atoms with Crippen LogP contribution in [0.1, 0.15) is 48.5 Å². The van der Waals surface area contributed by atoms with Gasteiger partial charge in [0.1, 0.15) is 48.8 Å². The second-order valence-electron chi connectivity index (χ2n) is 14.3. The van der Waals surface area contributed by atoms with Crippen molar-refractivity contribution in [2.75, 3.05) is 27.4 Å². The van der Waals surface area contributed by atoms with E-state index in [9.17, 15) is 15.3 Å². The lowest BCUT2D eigenvalue weighted by molar-refractivity contribution is -0.164. The molecule has 0 aromatic heterocycles. The zero-order valence-corrected chi connectivity index (χ0v) is 31.6. The lowest BCUT2D eigenvalue weighted by Gasteiger charge is -2.43. The first-order valence-corrected chi connectivity index (χ1v) is 18.7. The summed E-state index contributed by atoms with van der Waals surface area (Å²) >= 11 is 0. The van der Waals surface area contributed by atoms with Gasteiger partial charge in [-0.05, 0) is 43.1 Å². The summed E-state index contributed by atoms with van der Waals surface area (Å²) in [4.78, 5) is 0. The van der Waals surface area contributed by atoms with Gasteiger partial charge in [0.2, 0.25) is 0 Å². The van der Waals surface area contributed by atoms with E-state index in [0.717, 1.165) is 0 Å². The predicted molar refractivity (Wildman–Crippen MR) is 192 cm³/mol. The molecule has 10 nitrogen and oxygen atoms in total. The van der Waals surface area contributed by atoms with E-state index in [-0.39, 0.29) is 11.6 Å². The van der Waals surface area contributed by atoms with Gasteiger partial charge in [0.25, 0.3) is 8.32 Å². The molecular weight excluding hydrogens is 644 g/mol. The van der Waals surface area contributed by atoms with Crippen LogP contribution in [-0.2, 0) is 32.8 Å². The van der Waals surface area contributed by atoms with Crippen molar-refractivity contribution in [3.8, 4) is 0 Å². The summed E-state index contributed by atoms with van der Waals surface area (Å²) in [5.74, 6) is -1.60. The summed E-state index contributed by atoms with van der Waals surface area (Å²) in [7, 11) is 0.302. The molecule has 4 rings (SSSR count). The van der Waals surface area contributed by atoms with E-state index in [4.69, 9.17) is 32.8 Å². The second kappa shape index (κ2) is 17.3. The Bertz CT molecular complexity index is 1260. The average molecular weight is 703 g/mol. The van der Waals surface area contributed by atoms with E-state index in [1.165, 1.54) is 29.6 Å². The minimum Gasteiger partial charge on any atom is -0.405 e. The van der Waals surface area contributed by atoms with Gasteiger partial charge in [-0.2, -0.15) is 0 Å². The average Bonchev–Trinajstić information content (AvgIpc) is 3.55. The lowest BCUT2D eigenvalue weighted by Crippen LogP contribution is -2.67. The SMILES string of the molecule is C=C[C@H](O)C(OC)C1OC(C)(C)OC1CO.C=C[C@H](O)C(OC)C1OC(C)(C)OC1CO[Si](c1ccccc1)(c1ccccc1)C(C)(C)C. The Morgan fingerprint density at radius 1 is 0.735 bits per heavy atom. The molecule has 274 valence electrons. The van der Waals surface area contributed by atoms with Crippen molar-refractivity contribution >= 4 is 18.7 Å². The third-order valence-corrected chi connectivity index (χ3v) is 13.9. The summed E-state index contributed by atoms with van der Waals surface area (Å²) < 4.78 is 41.4. The van der Waals surface area contributed by atoms with Gasteiger partial charge in [-0.3, -0.25) is 0 Å². The van der Waals surface area contributed by atoms with Gasteiger partial charge in [0.05, 0.1) is 13.2 Å². The fourth-order valence-electron chi connectivity index (χ4n) is 6.73. The van der Waals surface area contributed by atoms with E-state index in [1.807, 2.05) is 26.0 Å². The van der Waals surface area contributed by atoms with Crippen molar-refractivity contribution in [2.24, 2.45) is 0 Å². The van der Waals surface area contributed by atoms with Crippen molar-refractivity contribution in [1.82, 2.24) is 0 Å². The molecule has 49 heavy (non-hydrogen) atoms. The number of benzene rings is 2. The Kier molecular flexibility index (Phi) is 14.5. The highest BCUT2D eigenvalue weighted by Gasteiger charge is 2.53. The highest BCUT2D eigenvalue weighted by molar-refractivity contribution is 6.99. The van der Waals surface area contributed by atoms with Crippen LogP contribution < -0.4 is 10.4 Å². The number of aliphatic hydroxyl groups is 3. The maximum absolute atomic E-state index is 10.5. The van der Waals surface area contributed by atoms with Crippen LogP contribution in [0.2, 0.25) is 5.04 Å². The van der Waals surface area contributed by atoms with Gasteiger partial charge < -0.3 is 48.2 Å². The van der Waals surface area contributed by atoms with Crippen molar-refractivity contribution in [3.05, 3.63) is 86.0 Å². The molecule has 2 aromatic rings. The van der Waals surface area contributed by atoms with Crippen LogP contribution in [0.3, 0.4) is 0 Å². The quantitative estimate of drug-likeness (QED) is 0.198. The molecule has 2 fully saturated rings. The molecule has 2 aliphatic heterocycles. The Balaban J connectivity index is 0.000000341. The van der Waals surface area contributed by atoms with Crippen molar-refractivity contribution in [1.29, 1.82) is 0 Å². The first kappa shape index (κ1) is 41.2. The van der Waals surface area contributed by atoms with Crippen LogP contribution in [0.15, 0.2) is 86.0 Å². The first-order chi connectivity index (χ1) is 23.0. The number of aliphatic hydroxyl groups excluding tert-OH is 3. The summed E-state index contributed by atoms with van der Waals surface area (Å²) in [5.41, 5.74) is 0. The molecule has 6 unspecified atom stereocenters. The van der Waals surface area contributed by atoms with Gasteiger partial charge in [0.15, 0.2) is 11.6 Å². The van der Waals surface area contributed by atoms with Crippen LogP contribution in [0.25, 0.3) is 0 Å². The van der Waals surface area contributed by atoms with E-state index in [1.54, 1.807) is 21.0 Å². The minimum absolute atomic E-state index is 0.151. The molecule has 0 amide bonds. The molecule has 0 bridgehead atoms. The fourth-order valence-corrected chi connectivity index (χ4v) is 11.3. The van der Waals surface area contributed by atoms with Crippen LogP contribution in [0, 0.1) is 0 Å². The molecule has 0 spiro atoms. The molecule has 3 N–H and O–H groups in total.